The van der Waals surface area contributed by atoms with E-state index in [1.54, 1.807) is 47.0 Å². The van der Waals surface area contributed by atoms with Crippen LogP contribution in [0.2, 0.25) is 5.02 Å². The van der Waals surface area contributed by atoms with E-state index < -0.39 is 30.0 Å². The van der Waals surface area contributed by atoms with Gasteiger partial charge in [0.25, 0.3) is 0 Å². The number of hydrogen-bond acceptors (Lipinski definition) is 4. The lowest BCUT2D eigenvalue weighted by Gasteiger charge is -2.15. The van der Waals surface area contributed by atoms with Crippen LogP contribution in [0.15, 0.2) is 79.1 Å². The lowest BCUT2D eigenvalue weighted by Crippen LogP contribution is -2.13. The first-order valence-electron chi connectivity index (χ1n) is 11.4. The van der Waals surface area contributed by atoms with Crippen molar-refractivity contribution in [1.29, 1.82) is 0 Å². The van der Waals surface area contributed by atoms with Crippen LogP contribution in [0.3, 0.4) is 0 Å². The van der Waals surface area contributed by atoms with Gasteiger partial charge < -0.3 is 4.57 Å². The van der Waals surface area contributed by atoms with Crippen molar-refractivity contribution < 1.29 is 26.3 Å². The number of alkyl halides is 6. The second-order valence-corrected chi connectivity index (χ2v) is 9.01. The van der Waals surface area contributed by atoms with Crippen molar-refractivity contribution >= 4 is 11.6 Å². The molecule has 0 spiro atoms. The fourth-order valence-corrected chi connectivity index (χ4v) is 4.30. The number of aromatic nitrogens is 6. The van der Waals surface area contributed by atoms with E-state index in [9.17, 15) is 26.3 Å². The predicted octanol–water partition coefficient (Wildman–Crippen LogP) is 6.99. The molecule has 0 fully saturated rings. The number of halogens is 7. The fraction of sp³-hybridized carbons (Fsp3) is 0.154. The molecule has 5 rings (SSSR count). The maximum absolute atomic E-state index is 13.4. The monoisotopic (exact) mass is 562 g/mol. The Labute approximate surface area is 222 Å². The molecule has 0 atom stereocenters. The van der Waals surface area contributed by atoms with Crippen LogP contribution in [0.4, 0.5) is 26.3 Å². The molecular weight excluding hydrogens is 546 g/mol. The van der Waals surface area contributed by atoms with Gasteiger partial charge in [0.05, 0.1) is 24.2 Å². The standard InChI is InChI=1S/C26H17ClF6N6/c27-21-9-5-4-8-18(21)14-38-15-34-36-24(38)22-23(17-6-2-1-3-7-17)39(37-35-22)13-16-10-19(25(28,29)30)12-20(11-16)26(31,32)33/h1-12,15H,13-14H2. The topological polar surface area (TPSA) is 61.4 Å². The third-order valence-corrected chi connectivity index (χ3v) is 6.26. The Balaban J connectivity index is 1.61. The summed E-state index contributed by atoms with van der Waals surface area (Å²) in [5, 5.41) is 17.0. The highest BCUT2D eigenvalue weighted by atomic mass is 35.5. The van der Waals surface area contributed by atoms with Gasteiger partial charge in [0.2, 0.25) is 0 Å². The van der Waals surface area contributed by atoms with Crippen LogP contribution in [0, 0.1) is 0 Å². The lowest BCUT2D eigenvalue weighted by molar-refractivity contribution is -0.143. The molecule has 6 nitrogen and oxygen atoms in total. The van der Waals surface area contributed by atoms with Crippen molar-refractivity contribution in [1.82, 2.24) is 29.8 Å². The first-order chi connectivity index (χ1) is 18.5. The second-order valence-electron chi connectivity index (χ2n) is 8.60. The number of hydrogen-bond donors (Lipinski definition) is 0. The molecule has 2 aromatic heterocycles. The molecule has 0 amide bonds. The van der Waals surface area contributed by atoms with E-state index in [1.165, 1.54) is 11.0 Å². The van der Waals surface area contributed by atoms with E-state index in [-0.39, 0.29) is 23.9 Å². The van der Waals surface area contributed by atoms with E-state index >= 15 is 0 Å². The quantitative estimate of drug-likeness (QED) is 0.209. The summed E-state index contributed by atoms with van der Waals surface area (Å²) in [7, 11) is 0. The molecule has 0 unspecified atom stereocenters. The van der Waals surface area contributed by atoms with Crippen LogP contribution in [0.25, 0.3) is 22.8 Å². The summed E-state index contributed by atoms with van der Waals surface area (Å²) < 4.78 is 83.5. The highest BCUT2D eigenvalue weighted by molar-refractivity contribution is 6.31. The van der Waals surface area contributed by atoms with Crippen LogP contribution in [-0.4, -0.2) is 29.8 Å². The fourth-order valence-electron chi connectivity index (χ4n) is 4.10. The van der Waals surface area contributed by atoms with Gasteiger partial charge in [-0.2, -0.15) is 26.3 Å². The third kappa shape index (κ3) is 5.65. The Morgan fingerprint density at radius 2 is 1.38 bits per heavy atom. The average Bonchev–Trinajstić information content (AvgIpc) is 3.51. The molecule has 0 bridgehead atoms. The summed E-state index contributed by atoms with van der Waals surface area (Å²) in [4.78, 5) is 0. The molecule has 0 aliphatic heterocycles. The van der Waals surface area contributed by atoms with Crippen LogP contribution in [0.1, 0.15) is 22.3 Å². The zero-order valence-electron chi connectivity index (χ0n) is 19.7. The highest BCUT2D eigenvalue weighted by Crippen LogP contribution is 2.37. The minimum atomic E-state index is -4.97. The molecule has 5 aromatic rings. The first kappa shape index (κ1) is 26.4. The molecule has 0 saturated heterocycles. The molecule has 39 heavy (non-hydrogen) atoms. The van der Waals surface area contributed by atoms with E-state index in [1.807, 2.05) is 12.1 Å². The van der Waals surface area contributed by atoms with Gasteiger partial charge >= 0.3 is 12.4 Å². The van der Waals surface area contributed by atoms with Gasteiger partial charge in [-0.3, -0.25) is 0 Å². The summed E-state index contributed by atoms with van der Waals surface area (Å²) in [5.74, 6) is 0.292. The van der Waals surface area contributed by atoms with Gasteiger partial charge in [-0.1, -0.05) is 65.3 Å². The molecule has 0 aliphatic carbocycles. The first-order valence-corrected chi connectivity index (χ1v) is 11.8. The van der Waals surface area contributed by atoms with Crippen molar-refractivity contribution in [3.8, 4) is 22.8 Å². The van der Waals surface area contributed by atoms with Gasteiger partial charge in [0, 0.05) is 10.6 Å². The SMILES string of the molecule is FC(F)(F)c1cc(Cn2nnc(-c3nncn3Cc3ccccc3Cl)c2-c2ccccc2)cc(C(F)(F)F)c1. The molecule has 200 valence electrons. The minimum absolute atomic E-state index is 0.0889. The molecule has 0 radical (unpaired) electrons. The molecule has 0 aliphatic rings. The van der Waals surface area contributed by atoms with Crippen LogP contribution in [0.5, 0.6) is 0 Å². The van der Waals surface area contributed by atoms with Crippen molar-refractivity contribution in [2.45, 2.75) is 25.4 Å². The van der Waals surface area contributed by atoms with Crippen LogP contribution >= 0.6 is 11.6 Å². The molecular formula is C26H17ClF6N6. The molecule has 3 aromatic carbocycles. The molecule has 0 saturated carbocycles. The van der Waals surface area contributed by atoms with Crippen LogP contribution < -0.4 is 0 Å². The smallest absolute Gasteiger partial charge is 0.308 e. The Morgan fingerprint density at radius 3 is 2.03 bits per heavy atom. The van der Waals surface area contributed by atoms with Crippen LogP contribution in [-0.2, 0) is 25.4 Å². The van der Waals surface area contributed by atoms with E-state index in [0.717, 1.165) is 5.56 Å². The maximum Gasteiger partial charge on any atom is 0.416 e. The van der Waals surface area contributed by atoms with Gasteiger partial charge in [0.1, 0.15) is 12.0 Å². The molecule has 2 heterocycles. The highest BCUT2D eigenvalue weighted by Gasteiger charge is 2.37. The summed E-state index contributed by atoms with van der Waals surface area (Å²) in [6.07, 6.45) is -8.48. The Bertz CT molecular complexity index is 1580. The Hall–Kier alpha value is -4.19. The summed E-state index contributed by atoms with van der Waals surface area (Å²) >= 11 is 6.30. The van der Waals surface area contributed by atoms with Gasteiger partial charge in [-0.15, -0.1) is 15.3 Å². The minimum Gasteiger partial charge on any atom is -0.308 e. The predicted molar refractivity (Wildman–Crippen MR) is 131 cm³/mol. The van der Waals surface area contributed by atoms with Gasteiger partial charge in [-0.25, -0.2) is 4.68 Å². The van der Waals surface area contributed by atoms with Gasteiger partial charge in [-0.05, 0) is 35.4 Å². The zero-order valence-corrected chi connectivity index (χ0v) is 20.5. The largest absolute Gasteiger partial charge is 0.416 e. The number of benzene rings is 3. The van der Waals surface area contributed by atoms with E-state index in [0.29, 0.717) is 34.2 Å². The summed E-state index contributed by atoms with van der Waals surface area (Å²) in [6.45, 7) is -0.130. The maximum atomic E-state index is 13.4. The number of rotatable bonds is 6. The van der Waals surface area contributed by atoms with E-state index in [2.05, 4.69) is 20.5 Å². The number of nitrogens with zero attached hydrogens (tertiary/aromatic N) is 6. The van der Waals surface area contributed by atoms with Crippen molar-refractivity contribution in [3.63, 3.8) is 0 Å². The van der Waals surface area contributed by atoms with E-state index in [4.69, 9.17) is 11.6 Å². The zero-order chi connectivity index (χ0) is 27.8. The summed E-state index contributed by atoms with van der Waals surface area (Å²) in [5.41, 5.74) is -1.13. The second kappa shape index (κ2) is 10.2. The average molecular weight is 563 g/mol. The van der Waals surface area contributed by atoms with Crippen molar-refractivity contribution in [2.24, 2.45) is 0 Å². The Kier molecular flexibility index (Phi) is 6.89. The van der Waals surface area contributed by atoms with Crippen molar-refractivity contribution in [2.75, 3.05) is 0 Å². The van der Waals surface area contributed by atoms with Gasteiger partial charge in [0.15, 0.2) is 11.5 Å². The third-order valence-electron chi connectivity index (χ3n) is 5.89. The van der Waals surface area contributed by atoms with Crippen molar-refractivity contribution in [3.05, 3.63) is 106 Å². The molecule has 13 heteroatoms. The summed E-state index contributed by atoms with van der Waals surface area (Å²) in [6, 6.07) is 17.3. The normalized spacial score (nSPS) is 12.2. The lowest BCUT2D eigenvalue weighted by atomic mass is 10.0. The Morgan fingerprint density at radius 1 is 0.744 bits per heavy atom. The molecule has 0 N–H and O–H groups in total.